The fraction of sp³-hybridized carbons (Fsp3) is 0.258. The van der Waals surface area contributed by atoms with Crippen LogP contribution in [0, 0.1) is 13.8 Å². The minimum Gasteiger partial charge on any atom is -0.478 e. The highest BCUT2D eigenvalue weighted by molar-refractivity contribution is 5.94. The SMILES string of the molecule is Cc1c(-c2ccccc2)nc2ccc(-c3nc4cc(C(=O)O)ccc4n3C3CCCCC3)cc2c1C. The van der Waals surface area contributed by atoms with Crippen LogP contribution in [-0.4, -0.2) is 25.6 Å². The predicted octanol–water partition coefficient (Wildman–Crippen LogP) is 7.74. The third-order valence-electron chi connectivity index (χ3n) is 7.73. The number of fused-ring (bicyclic) bond motifs is 2. The lowest BCUT2D eigenvalue weighted by atomic mass is 9.94. The highest BCUT2D eigenvalue weighted by Crippen LogP contribution is 2.38. The first-order chi connectivity index (χ1) is 17.5. The van der Waals surface area contributed by atoms with E-state index in [0.717, 1.165) is 57.4 Å². The summed E-state index contributed by atoms with van der Waals surface area (Å²) < 4.78 is 2.36. The van der Waals surface area contributed by atoms with Crippen molar-refractivity contribution >= 4 is 27.9 Å². The molecule has 180 valence electrons. The molecule has 1 aliphatic rings. The Hall–Kier alpha value is -3.99. The van der Waals surface area contributed by atoms with Gasteiger partial charge in [0.05, 0.1) is 27.8 Å². The van der Waals surface area contributed by atoms with Gasteiger partial charge in [-0.1, -0.05) is 49.6 Å². The number of rotatable bonds is 4. The number of nitrogens with zero attached hydrogens (tertiary/aromatic N) is 3. The molecule has 1 N–H and O–H groups in total. The van der Waals surface area contributed by atoms with E-state index in [0.29, 0.717) is 6.04 Å². The Kier molecular flexibility index (Phi) is 5.56. The second-order valence-electron chi connectivity index (χ2n) is 9.91. The number of hydrogen-bond donors (Lipinski definition) is 1. The average molecular weight is 476 g/mol. The molecule has 5 heteroatoms. The van der Waals surface area contributed by atoms with Crippen molar-refractivity contribution in [2.75, 3.05) is 0 Å². The van der Waals surface area contributed by atoms with Crippen molar-refractivity contribution in [3.05, 3.63) is 83.4 Å². The number of hydrogen-bond acceptors (Lipinski definition) is 3. The van der Waals surface area contributed by atoms with E-state index in [1.54, 1.807) is 12.1 Å². The van der Waals surface area contributed by atoms with Crippen molar-refractivity contribution < 1.29 is 9.90 Å². The highest BCUT2D eigenvalue weighted by Gasteiger charge is 2.23. The first-order valence-electron chi connectivity index (χ1n) is 12.7. The van der Waals surface area contributed by atoms with E-state index in [1.807, 2.05) is 24.3 Å². The quantitative estimate of drug-likeness (QED) is 0.289. The maximum Gasteiger partial charge on any atom is 0.335 e. The summed E-state index contributed by atoms with van der Waals surface area (Å²) in [6, 6.07) is 22.4. The number of aromatic carboxylic acids is 1. The first kappa shape index (κ1) is 22.5. The molecule has 0 unspecified atom stereocenters. The van der Waals surface area contributed by atoms with Gasteiger partial charge in [-0.2, -0.15) is 0 Å². The van der Waals surface area contributed by atoms with Crippen LogP contribution in [0.2, 0.25) is 0 Å². The van der Waals surface area contributed by atoms with E-state index in [-0.39, 0.29) is 5.56 Å². The Morgan fingerprint density at radius 2 is 1.61 bits per heavy atom. The topological polar surface area (TPSA) is 68.0 Å². The van der Waals surface area contributed by atoms with Crippen LogP contribution in [0.5, 0.6) is 0 Å². The van der Waals surface area contributed by atoms with Crippen molar-refractivity contribution in [1.82, 2.24) is 14.5 Å². The van der Waals surface area contributed by atoms with Crippen LogP contribution in [0.25, 0.3) is 44.6 Å². The molecule has 1 fully saturated rings. The van der Waals surface area contributed by atoms with Crippen molar-refractivity contribution in [1.29, 1.82) is 0 Å². The predicted molar refractivity (Wildman–Crippen MR) is 144 cm³/mol. The van der Waals surface area contributed by atoms with Gasteiger partial charge in [-0.25, -0.2) is 14.8 Å². The second kappa shape index (κ2) is 8.90. The summed E-state index contributed by atoms with van der Waals surface area (Å²) in [5.41, 5.74) is 8.55. The molecular weight excluding hydrogens is 446 g/mol. The number of aryl methyl sites for hydroxylation is 1. The molecule has 0 bridgehead atoms. The van der Waals surface area contributed by atoms with Crippen LogP contribution >= 0.6 is 0 Å². The van der Waals surface area contributed by atoms with Crippen LogP contribution < -0.4 is 0 Å². The number of aromatic nitrogens is 3. The van der Waals surface area contributed by atoms with Crippen LogP contribution in [-0.2, 0) is 0 Å². The van der Waals surface area contributed by atoms with Gasteiger partial charge in [0.2, 0.25) is 0 Å². The standard InChI is InChI=1S/C31H29N3O2/c1-19-20(2)29(21-9-5-3-6-10-21)32-26-15-13-22(17-25(19)26)30-33-27-18-23(31(35)36)14-16-28(27)34(30)24-11-7-4-8-12-24/h3,5-6,9-10,13-18,24H,4,7-8,11-12H2,1-2H3,(H,35,36). The van der Waals surface area contributed by atoms with E-state index in [4.69, 9.17) is 9.97 Å². The number of carbonyl (C=O) groups is 1. The molecule has 0 atom stereocenters. The molecule has 0 radical (unpaired) electrons. The molecule has 5 aromatic rings. The van der Waals surface area contributed by atoms with Gasteiger partial charge in [0.15, 0.2) is 0 Å². The summed E-state index contributed by atoms with van der Waals surface area (Å²) >= 11 is 0. The summed E-state index contributed by atoms with van der Waals surface area (Å²) in [5, 5.41) is 10.6. The molecule has 0 amide bonds. The zero-order chi connectivity index (χ0) is 24.8. The molecule has 2 heterocycles. The van der Waals surface area contributed by atoms with Gasteiger partial charge >= 0.3 is 5.97 Å². The van der Waals surface area contributed by atoms with Crippen LogP contribution in [0.15, 0.2) is 66.7 Å². The fourth-order valence-corrected chi connectivity index (χ4v) is 5.68. The monoisotopic (exact) mass is 475 g/mol. The number of benzene rings is 3. The zero-order valence-corrected chi connectivity index (χ0v) is 20.7. The third kappa shape index (κ3) is 3.76. The minimum atomic E-state index is -0.928. The smallest absolute Gasteiger partial charge is 0.335 e. The summed E-state index contributed by atoms with van der Waals surface area (Å²) in [5.74, 6) is -0.0201. The maximum atomic E-state index is 11.6. The van der Waals surface area contributed by atoms with Gasteiger partial charge in [0.25, 0.3) is 0 Å². The molecular formula is C31H29N3O2. The number of carboxylic acid groups (broad SMARTS) is 1. The van der Waals surface area contributed by atoms with E-state index >= 15 is 0 Å². The molecule has 2 aromatic heterocycles. The van der Waals surface area contributed by atoms with Crippen LogP contribution in [0.3, 0.4) is 0 Å². The lowest BCUT2D eigenvalue weighted by Gasteiger charge is -2.26. The van der Waals surface area contributed by atoms with E-state index in [9.17, 15) is 9.90 Å². The van der Waals surface area contributed by atoms with Gasteiger partial charge in [-0.3, -0.25) is 0 Å². The Balaban J connectivity index is 1.54. The molecule has 1 aliphatic carbocycles. The Morgan fingerprint density at radius 1 is 0.833 bits per heavy atom. The molecule has 0 spiro atoms. The molecule has 1 saturated carbocycles. The largest absolute Gasteiger partial charge is 0.478 e. The van der Waals surface area contributed by atoms with Gasteiger partial charge in [0, 0.05) is 22.6 Å². The third-order valence-corrected chi connectivity index (χ3v) is 7.73. The average Bonchev–Trinajstić information content (AvgIpc) is 3.30. The number of carboxylic acids is 1. The molecule has 5 nitrogen and oxygen atoms in total. The summed E-state index contributed by atoms with van der Waals surface area (Å²) in [6.45, 7) is 4.31. The number of pyridine rings is 1. The van der Waals surface area contributed by atoms with Gasteiger partial charge < -0.3 is 9.67 Å². The van der Waals surface area contributed by atoms with Crippen molar-refractivity contribution in [3.63, 3.8) is 0 Å². The van der Waals surface area contributed by atoms with Gasteiger partial charge in [-0.05, 0) is 74.2 Å². The summed E-state index contributed by atoms with van der Waals surface area (Å²) in [7, 11) is 0. The molecule has 0 aliphatic heterocycles. The van der Waals surface area contributed by atoms with Crippen LogP contribution in [0.4, 0.5) is 0 Å². The molecule has 36 heavy (non-hydrogen) atoms. The Labute approximate surface area is 210 Å². The van der Waals surface area contributed by atoms with E-state index < -0.39 is 5.97 Å². The normalized spacial score (nSPS) is 14.5. The highest BCUT2D eigenvalue weighted by atomic mass is 16.4. The van der Waals surface area contributed by atoms with Gasteiger partial charge in [-0.15, -0.1) is 0 Å². The number of imidazole rings is 1. The van der Waals surface area contributed by atoms with Crippen molar-refractivity contribution in [2.45, 2.75) is 52.0 Å². The minimum absolute atomic E-state index is 0.268. The van der Waals surface area contributed by atoms with Crippen molar-refractivity contribution in [3.8, 4) is 22.6 Å². The second-order valence-corrected chi connectivity index (χ2v) is 9.91. The van der Waals surface area contributed by atoms with Crippen LogP contribution in [0.1, 0.15) is 59.6 Å². The lowest BCUT2D eigenvalue weighted by molar-refractivity contribution is 0.0697. The van der Waals surface area contributed by atoms with E-state index in [2.05, 4.69) is 48.7 Å². The lowest BCUT2D eigenvalue weighted by Crippen LogP contribution is -2.14. The fourth-order valence-electron chi connectivity index (χ4n) is 5.68. The molecule has 6 rings (SSSR count). The van der Waals surface area contributed by atoms with Crippen molar-refractivity contribution in [2.24, 2.45) is 0 Å². The Morgan fingerprint density at radius 3 is 2.36 bits per heavy atom. The summed E-state index contributed by atoms with van der Waals surface area (Å²) in [6.07, 6.45) is 5.92. The Bertz CT molecular complexity index is 1610. The van der Waals surface area contributed by atoms with E-state index in [1.165, 1.54) is 30.4 Å². The first-order valence-corrected chi connectivity index (χ1v) is 12.7. The zero-order valence-electron chi connectivity index (χ0n) is 20.7. The molecule has 3 aromatic carbocycles. The van der Waals surface area contributed by atoms with Gasteiger partial charge in [0.1, 0.15) is 5.82 Å². The molecule has 0 saturated heterocycles. The summed E-state index contributed by atoms with van der Waals surface area (Å²) in [4.78, 5) is 21.7. The maximum absolute atomic E-state index is 11.6.